The number of nitrogens with two attached hydrogens (primary N) is 2. The third-order valence-electron chi connectivity index (χ3n) is 5.45. The molecule has 0 spiro atoms. The van der Waals surface area contributed by atoms with Gasteiger partial charge in [0.2, 0.25) is 5.91 Å². The molecule has 0 unspecified atom stereocenters. The molecule has 2 aromatic rings. The van der Waals surface area contributed by atoms with Crippen molar-refractivity contribution < 1.29 is 9.59 Å². The molecule has 6 nitrogen and oxygen atoms in total. The average molecular weight is 425 g/mol. The summed E-state index contributed by atoms with van der Waals surface area (Å²) in [7, 11) is 0. The lowest BCUT2D eigenvalue weighted by Crippen LogP contribution is -2.26. The molecule has 0 atom stereocenters. The van der Waals surface area contributed by atoms with Gasteiger partial charge in [-0.15, -0.1) is 0 Å². The Labute approximate surface area is 185 Å². The van der Waals surface area contributed by atoms with Crippen molar-refractivity contribution in [3.8, 4) is 0 Å². The first-order valence-electron chi connectivity index (χ1n) is 10.8. The Morgan fingerprint density at radius 1 is 0.871 bits per heavy atom. The molecule has 0 bridgehead atoms. The standard InChI is InChI=1S/C25H36N4O2/c1-24(2,17-25(3,4)15-16-26)14-13-22(30)28-19-11-9-18(10-12-19)23(31)29-21-8-6-5-7-20(21)27/h5-12H,13-17,26-27H2,1-4H3,(H,28,30)(H,29,31). The molecule has 0 saturated carbocycles. The topological polar surface area (TPSA) is 110 Å². The van der Waals surface area contributed by atoms with E-state index in [2.05, 4.69) is 38.3 Å². The van der Waals surface area contributed by atoms with Crippen molar-refractivity contribution in [1.29, 1.82) is 0 Å². The minimum Gasteiger partial charge on any atom is -0.397 e. The first-order chi connectivity index (χ1) is 14.5. The summed E-state index contributed by atoms with van der Waals surface area (Å²) in [5.41, 5.74) is 14.0. The molecule has 6 N–H and O–H groups in total. The van der Waals surface area contributed by atoms with Crippen LogP contribution in [0.3, 0.4) is 0 Å². The zero-order valence-electron chi connectivity index (χ0n) is 19.1. The van der Waals surface area contributed by atoms with Gasteiger partial charge < -0.3 is 22.1 Å². The highest BCUT2D eigenvalue weighted by atomic mass is 16.2. The minimum absolute atomic E-state index is 0.0287. The van der Waals surface area contributed by atoms with Gasteiger partial charge >= 0.3 is 0 Å². The Kier molecular flexibility index (Phi) is 8.22. The first kappa shape index (κ1) is 24.4. The monoisotopic (exact) mass is 424 g/mol. The molecule has 0 aliphatic rings. The van der Waals surface area contributed by atoms with Crippen LogP contribution in [0.4, 0.5) is 17.1 Å². The number of anilines is 3. The van der Waals surface area contributed by atoms with E-state index in [1.165, 1.54) is 0 Å². The van der Waals surface area contributed by atoms with Crippen molar-refractivity contribution >= 4 is 28.9 Å². The maximum atomic E-state index is 12.4. The Morgan fingerprint density at radius 2 is 1.48 bits per heavy atom. The normalized spacial score (nSPS) is 11.8. The Bertz CT molecular complexity index is 889. The predicted molar refractivity (Wildman–Crippen MR) is 129 cm³/mol. The van der Waals surface area contributed by atoms with Crippen molar-refractivity contribution in [3.63, 3.8) is 0 Å². The highest BCUT2D eigenvalue weighted by Crippen LogP contribution is 2.38. The molecule has 0 fully saturated rings. The van der Waals surface area contributed by atoms with Crippen molar-refractivity contribution in [3.05, 3.63) is 54.1 Å². The van der Waals surface area contributed by atoms with Crippen LogP contribution in [0.1, 0.15) is 63.7 Å². The minimum atomic E-state index is -0.252. The van der Waals surface area contributed by atoms with E-state index in [-0.39, 0.29) is 22.6 Å². The van der Waals surface area contributed by atoms with Crippen LogP contribution in [0.15, 0.2) is 48.5 Å². The number of benzene rings is 2. The van der Waals surface area contributed by atoms with Gasteiger partial charge in [0.1, 0.15) is 0 Å². The summed E-state index contributed by atoms with van der Waals surface area (Å²) in [5.74, 6) is -0.281. The average Bonchev–Trinajstić information content (AvgIpc) is 2.68. The van der Waals surface area contributed by atoms with Gasteiger partial charge in [0.15, 0.2) is 0 Å². The van der Waals surface area contributed by atoms with E-state index in [9.17, 15) is 9.59 Å². The Morgan fingerprint density at radius 3 is 2.10 bits per heavy atom. The van der Waals surface area contributed by atoms with E-state index in [0.29, 0.717) is 35.6 Å². The first-order valence-corrected chi connectivity index (χ1v) is 10.8. The van der Waals surface area contributed by atoms with Crippen LogP contribution in [-0.2, 0) is 4.79 Å². The smallest absolute Gasteiger partial charge is 0.255 e. The van der Waals surface area contributed by atoms with Gasteiger partial charge in [-0.3, -0.25) is 9.59 Å². The zero-order valence-corrected chi connectivity index (χ0v) is 19.1. The van der Waals surface area contributed by atoms with Gasteiger partial charge in [0, 0.05) is 17.7 Å². The second-order valence-corrected chi connectivity index (χ2v) is 9.71. The molecule has 0 aromatic heterocycles. The zero-order chi connectivity index (χ0) is 23.1. The lowest BCUT2D eigenvalue weighted by atomic mass is 9.71. The summed E-state index contributed by atoms with van der Waals surface area (Å²) in [5, 5.41) is 5.71. The molecule has 31 heavy (non-hydrogen) atoms. The largest absolute Gasteiger partial charge is 0.397 e. The molecule has 0 saturated heterocycles. The van der Waals surface area contributed by atoms with E-state index in [1.54, 1.807) is 36.4 Å². The van der Waals surface area contributed by atoms with E-state index in [0.717, 1.165) is 19.3 Å². The van der Waals surface area contributed by atoms with Gasteiger partial charge in [0.25, 0.3) is 5.91 Å². The SMILES string of the molecule is CC(C)(CCN)CC(C)(C)CCC(=O)Nc1ccc(C(=O)Nc2ccccc2N)cc1. The van der Waals surface area contributed by atoms with Crippen LogP contribution in [0.25, 0.3) is 0 Å². The summed E-state index contributed by atoms with van der Waals surface area (Å²) >= 11 is 0. The van der Waals surface area contributed by atoms with Crippen LogP contribution < -0.4 is 22.1 Å². The molecule has 2 aromatic carbocycles. The van der Waals surface area contributed by atoms with E-state index >= 15 is 0 Å². The summed E-state index contributed by atoms with van der Waals surface area (Å²) in [6, 6.07) is 13.9. The second kappa shape index (κ2) is 10.4. The molecule has 0 radical (unpaired) electrons. The molecule has 0 aliphatic carbocycles. The molecule has 6 heteroatoms. The highest BCUT2D eigenvalue weighted by Gasteiger charge is 2.28. The number of carbonyl (C=O) groups excluding carboxylic acids is 2. The molecule has 0 heterocycles. The number of para-hydroxylation sites is 2. The lowest BCUT2D eigenvalue weighted by Gasteiger charge is -2.35. The third-order valence-corrected chi connectivity index (χ3v) is 5.45. The fourth-order valence-electron chi connectivity index (χ4n) is 4.05. The molecular weight excluding hydrogens is 388 g/mol. The van der Waals surface area contributed by atoms with Crippen molar-refractivity contribution in [1.82, 2.24) is 0 Å². The van der Waals surface area contributed by atoms with E-state index in [1.807, 2.05) is 12.1 Å². The van der Waals surface area contributed by atoms with Crippen LogP contribution in [-0.4, -0.2) is 18.4 Å². The quantitative estimate of drug-likeness (QED) is 0.401. The summed E-state index contributed by atoms with van der Waals surface area (Å²) in [4.78, 5) is 24.8. The number of nitrogen functional groups attached to an aromatic ring is 1. The number of amides is 2. The molecule has 2 amide bonds. The van der Waals surface area contributed by atoms with Crippen LogP contribution in [0, 0.1) is 10.8 Å². The second-order valence-electron chi connectivity index (χ2n) is 9.71. The van der Waals surface area contributed by atoms with Crippen LogP contribution in [0.2, 0.25) is 0 Å². The van der Waals surface area contributed by atoms with Crippen molar-refractivity contribution in [2.75, 3.05) is 22.9 Å². The van der Waals surface area contributed by atoms with Gasteiger partial charge in [-0.1, -0.05) is 39.8 Å². The van der Waals surface area contributed by atoms with Crippen LogP contribution in [0.5, 0.6) is 0 Å². The summed E-state index contributed by atoms with van der Waals surface area (Å²) < 4.78 is 0. The predicted octanol–water partition coefficient (Wildman–Crippen LogP) is 5.03. The van der Waals surface area contributed by atoms with Crippen molar-refractivity contribution in [2.45, 2.75) is 53.4 Å². The van der Waals surface area contributed by atoms with E-state index < -0.39 is 0 Å². The molecule has 0 aliphatic heterocycles. The number of hydrogen-bond acceptors (Lipinski definition) is 4. The summed E-state index contributed by atoms with van der Waals surface area (Å²) in [6.45, 7) is 9.53. The fraction of sp³-hybridized carbons (Fsp3) is 0.440. The third kappa shape index (κ3) is 8.06. The summed E-state index contributed by atoms with van der Waals surface area (Å²) in [6.07, 6.45) is 3.23. The van der Waals surface area contributed by atoms with Gasteiger partial charge in [-0.25, -0.2) is 0 Å². The maximum absolute atomic E-state index is 12.4. The van der Waals surface area contributed by atoms with Crippen molar-refractivity contribution in [2.24, 2.45) is 16.6 Å². The highest BCUT2D eigenvalue weighted by molar-refractivity contribution is 6.06. The Hall–Kier alpha value is -2.86. The number of nitrogens with one attached hydrogen (secondary N) is 2. The van der Waals surface area contributed by atoms with Gasteiger partial charge in [-0.2, -0.15) is 0 Å². The van der Waals surface area contributed by atoms with Gasteiger partial charge in [-0.05, 0) is 73.0 Å². The van der Waals surface area contributed by atoms with E-state index in [4.69, 9.17) is 11.5 Å². The van der Waals surface area contributed by atoms with Crippen LogP contribution >= 0.6 is 0 Å². The lowest BCUT2D eigenvalue weighted by molar-refractivity contribution is -0.116. The number of hydrogen-bond donors (Lipinski definition) is 4. The fourth-order valence-corrected chi connectivity index (χ4v) is 4.05. The Balaban J connectivity index is 1.87. The van der Waals surface area contributed by atoms with Gasteiger partial charge in [0.05, 0.1) is 11.4 Å². The number of carbonyl (C=O) groups is 2. The molecule has 2 rings (SSSR count). The molecule has 168 valence electrons. The maximum Gasteiger partial charge on any atom is 0.255 e. The number of rotatable bonds is 10. The molecular formula is C25H36N4O2.